The van der Waals surface area contributed by atoms with E-state index in [4.69, 9.17) is 4.98 Å². The van der Waals surface area contributed by atoms with Gasteiger partial charge in [-0.05, 0) is 48.4 Å². The smallest absolute Gasteiger partial charge is 0.185 e. The van der Waals surface area contributed by atoms with Crippen molar-refractivity contribution in [1.29, 1.82) is 0 Å². The molecule has 3 aromatic rings. The standard InChI is InChI=1S/C26H32N2O2S2/c1-19-6-5-7-20(16-19)17-22-18-31-25(27-22)28-14-12-24(13-15-28)32(29,30)23-10-8-21(9-11-23)26(2,3)4/h5-11,16,18,24H,12-15,17H2,1-4H3. The Bertz CT molecular complexity index is 1170. The molecule has 1 aliphatic rings. The van der Waals surface area contributed by atoms with E-state index >= 15 is 0 Å². The van der Waals surface area contributed by atoms with E-state index in [0.29, 0.717) is 17.7 Å². The second-order valence-corrected chi connectivity index (χ2v) is 12.9. The van der Waals surface area contributed by atoms with Gasteiger partial charge in [0.15, 0.2) is 15.0 Å². The van der Waals surface area contributed by atoms with E-state index in [0.717, 1.165) is 35.9 Å². The van der Waals surface area contributed by atoms with Crippen molar-refractivity contribution in [2.45, 2.75) is 62.5 Å². The third-order valence-electron chi connectivity index (χ3n) is 6.21. The molecule has 0 bridgehead atoms. The SMILES string of the molecule is Cc1cccc(Cc2csc(N3CCC(S(=O)(=O)c4ccc(C(C)(C)C)cc4)CC3)n2)c1. The fraction of sp³-hybridized carbons (Fsp3) is 0.423. The summed E-state index contributed by atoms with van der Waals surface area (Å²) in [7, 11) is -3.31. The summed E-state index contributed by atoms with van der Waals surface area (Å²) >= 11 is 1.65. The molecule has 4 rings (SSSR count). The molecular weight excluding hydrogens is 436 g/mol. The minimum atomic E-state index is -3.31. The van der Waals surface area contributed by atoms with Gasteiger partial charge in [-0.15, -0.1) is 11.3 Å². The maximum atomic E-state index is 13.2. The van der Waals surface area contributed by atoms with Crippen molar-refractivity contribution in [1.82, 2.24) is 4.98 Å². The second-order valence-electron chi connectivity index (χ2n) is 9.79. The van der Waals surface area contributed by atoms with Gasteiger partial charge in [0.2, 0.25) is 0 Å². The molecular formula is C26H32N2O2S2. The minimum absolute atomic E-state index is 0.0134. The molecule has 32 heavy (non-hydrogen) atoms. The molecule has 2 heterocycles. The number of aromatic nitrogens is 1. The first-order valence-electron chi connectivity index (χ1n) is 11.2. The number of hydrogen-bond acceptors (Lipinski definition) is 5. The predicted molar refractivity (Wildman–Crippen MR) is 134 cm³/mol. The van der Waals surface area contributed by atoms with Crippen molar-refractivity contribution in [3.63, 3.8) is 0 Å². The molecule has 0 unspecified atom stereocenters. The Morgan fingerprint density at radius 2 is 1.75 bits per heavy atom. The van der Waals surface area contributed by atoms with Gasteiger partial charge in [-0.2, -0.15) is 0 Å². The Labute approximate surface area is 196 Å². The molecule has 6 heteroatoms. The zero-order valence-electron chi connectivity index (χ0n) is 19.3. The van der Waals surface area contributed by atoms with Crippen LogP contribution in [0.5, 0.6) is 0 Å². The molecule has 0 N–H and O–H groups in total. The number of thiazole rings is 1. The summed E-state index contributed by atoms with van der Waals surface area (Å²) in [6, 6.07) is 16.0. The summed E-state index contributed by atoms with van der Waals surface area (Å²) in [5.74, 6) is 0. The molecule has 0 atom stereocenters. The van der Waals surface area contributed by atoms with Gasteiger partial charge in [-0.1, -0.05) is 62.7 Å². The van der Waals surface area contributed by atoms with Crippen LogP contribution in [0.4, 0.5) is 5.13 Å². The molecule has 0 amide bonds. The highest BCUT2D eigenvalue weighted by atomic mass is 32.2. The molecule has 1 aromatic heterocycles. The monoisotopic (exact) mass is 468 g/mol. The Kier molecular flexibility index (Phi) is 6.46. The van der Waals surface area contributed by atoms with E-state index in [9.17, 15) is 8.42 Å². The van der Waals surface area contributed by atoms with Crippen LogP contribution in [-0.2, 0) is 21.7 Å². The first kappa shape index (κ1) is 23.0. The fourth-order valence-electron chi connectivity index (χ4n) is 4.25. The van der Waals surface area contributed by atoms with E-state index in [1.165, 1.54) is 11.1 Å². The predicted octanol–water partition coefficient (Wildman–Crippen LogP) is 5.78. The van der Waals surface area contributed by atoms with Crippen molar-refractivity contribution in [2.24, 2.45) is 0 Å². The maximum absolute atomic E-state index is 13.2. The lowest BCUT2D eigenvalue weighted by Crippen LogP contribution is -2.39. The van der Waals surface area contributed by atoms with E-state index in [2.05, 4.69) is 62.2 Å². The van der Waals surface area contributed by atoms with E-state index in [1.54, 1.807) is 23.5 Å². The second kappa shape index (κ2) is 8.99. The third kappa shape index (κ3) is 5.07. The first-order valence-corrected chi connectivity index (χ1v) is 13.6. The highest BCUT2D eigenvalue weighted by molar-refractivity contribution is 7.92. The minimum Gasteiger partial charge on any atom is -0.348 e. The van der Waals surface area contributed by atoms with Gasteiger partial charge in [-0.3, -0.25) is 0 Å². The van der Waals surface area contributed by atoms with Gasteiger partial charge >= 0.3 is 0 Å². The molecule has 0 saturated carbocycles. The Hall–Kier alpha value is -2.18. The number of rotatable bonds is 5. The average Bonchev–Trinajstić information content (AvgIpc) is 3.22. The molecule has 1 aliphatic heterocycles. The van der Waals surface area contributed by atoms with Gasteiger partial charge in [0.1, 0.15) is 0 Å². The lowest BCUT2D eigenvalue weighted by molar-refractivity contribution is 0.529. The largest absolute Gasteiger partial charge is 0.348 e. The number of anilines is 1. The molecule has 1 saturated heterocycles. The quantitative estimate of drug-likeness (QED) is 0.476. The molecule has 0 spiro atoms. The fourth-order valence-corrected chi connectivity index (χ4v) is 6.86. The summed E-state index contributed by atoms with van der Waals surface area (Å²) in [4.78, 5) is 7.51. The van der Waals surface area contributed by atoms with Crippen molar-refractivity contribution < 1.29 is 8.42 Å². The number of piperidine rings is 1. The lowest BCUT2D eigenvalue weighted by atomic mass is 9.87. The van der Waals surface area contributed by atoms with Crippen LogP contribution in [0.1, 0.15) is 56.0 Å². The molecule has 0 aliphatic carbocycles. The number of benzene rings is 2. The third-order valence-corrected chi connectivity index (χ3v) is 9.44. The van der Waals surface area contributed by atoms with E-state index in [1.807, 2.05) is 12.1 Å². The zero-order valence-corrected chi connectivity index (χ0v) is 21.0. The van der Waals surface area contributed by atoms with Crippen LogP contribution in [0.3, 0.4) is 0 Å². The highest BCUT2D eigenvalue weighted by Gasteiger charge is 2.32. The van der Waals surface area contributed by atoms with Gasteiger partial charge in [0.05, 0.1) is 15.8 Å². The molecule has 4 nitrogen and oxygen atoms in total. The highest BCUT2D eigenvalue weighted by Crippen LogP contribution is 2.31. The number of hydrogen-bond donors (Lipinski definition) is 0. The van der Waals surface area contributed by atoms with Crippen LogP contribution in [0.15, 0.2) is 58.8 Å². The van der Waals surface area contributed by atoms with Crippen LogP contribution < -0.4 is 4.90 Å². The van der Waals surface area contributed by atoms with Gasteiger partial charge in [0.25, 0.3) is 0 Å². The summed E-state index contributed by atoms with van der Waals surface area (Å²) in [5, 5.41) is 2.79. The average molecular weight is 469 g/mol. The van der Waals surface area contributed by atoms with Crippen molar-refractivity contribution in [3.8, 4) is 0 Å². The summed E-state index contributed by atoms with van der Waals surface area (Å²) in [6.07, 6.45) is 2.10. The summed E-state index contributed by atoms with van der Waals surface area (Å²) in [5.41, 5.74) is 4.76. The molecule has 1 fully saturated rings. The zero-order chi connectivity index (χ0) is 22.9. The van der Waals surface area contributed by atoms with Crippen LogP contribution in [0.2, 0.25) is 0 Å². The molecule has 0 radical (unpaired) electrons. The normalized spacial score (nSPS) is 15.8. The molecule has 2 aromatic carbocycles. The van der Waals surface area contributed by atoms with Crippen molar-refractivity contribution >= 4 is 26.3 Å². The van der Waals surface area contributed by atoms with Crippen LogP contribution >= 0.6 is 11.3 Å². The van der Waals surface area contributed by atoms with Crippen molar-refractivity contribution in [2.75, 3.05) is 18.0 Å². The van der Waals surface area contributed by atoms with Gasteiger partial charge < -0.3 is 4.90 Å². The first-order chi connectivity index (χ1) is 15.1. The van der Waals surface area contributed by atoms with Crippen LogP contribution in [-0.4, -0.2) is 31.7 Å². The maximum Gasteiger partial charge on any atom is 0.185 e. The number of aryl methyl sites for hydroxylation is 1. The number of nitrogens with zero attached hydrogens (tertiary/aromatic N) is 2. The Balaban J connectivity index is 1.39. The Morgan fingerprint density at radius 1 is 1.06 bits per heavy atom. The van der Waals surface area contributed by atoms with Crippen LogP contribution in [0.25, 0.3) is 0 Å². The summed E-state index contributed by atoms with van der Waals surface area (Å²) < 4.78 is 26.4. The van der Waals surface area contributed by atoms with Crippen LogP contribution in [0, 0.1) is 6.92 Å². The Morgan fingerprint density at radius 3 is 2.38 bits per heavy atom. The van der Waals surface area contributed by atoms with Crippen molar-refractivity contribution in [3.05, 3.63) is 76.3 Å². The number of sulfone groups is 1. The lowest BCUT2D eigenvalue weighted by Gasteiger charge is -2.31. The topological polar surface area (TPSA) is 50.3 Å². The van der Waals surface area contributed by atoms with E-state index < -0.39 is 9.84 Å². The van der Waals surface area contributed by atoms with Gasteiger partial charge in [0, 0.05) is 24.9 Å². The van der Waals surface area contributed by atoms with Gasteiger partial charge in [-0.25, -0.2) is 13.4 Å². The molecule has 170 valence electrons. The summed E-state index contributed by atoms with van der Waals surface area (Å²) in [6.45, 7) is 9.96. The van der Waals surface area contributed by atoms with E-state index in [-0.39, 0.29) is 10.7 Å².